The van der Waals surface area contributed by atoms with Crippen molar-refractivity contribution in [2.75, 3.05) is 34.2 Å². The van der Waals surface area contributed by atoms with Crippen molar-refractivity contribution in [3.63, 3.8) is 0 Å². The summed E-state index contributed by atoms with van der Waals surface area (Å²) in [5.41, 5.74) is 1.19. The monoisotopic (exact) mass is 235 g/mol. The molecule has 1 saturated heterocycles. The first-order valence-corrected chi connectivity index (χ1v) is 5.75. The van der Waals surface area contributed by atoms with E-state index in [1.54, 1.807) is 0 Å². The van der Waals surface area contributed by atoms with Crippen LogP contribution >= 0.6 is 0 Å². The Morgan fingerprint density at radius 3 is 2.88 bits per heavy atom. The second kappa shape index (κ2) is 6.09. The second-order valence-electron chi connectivity index (χ2n) is 4.00. The van der Waals surface area contributed by atoms with Crippen molar-refractivity contribution in [3.05, 3.63) is 35.9 Å². The van der Waals surface area contributed by atoms with Crippen LogP contribution < -0.4 is 10.6 Å². The average molecular weight is 235 g/mol. The van der Waals surface area contributed by atoms with Gasteiger partial charge in [-0.15, -0.1) is 0 Å². The summed E-state index contributed by atoms with van der Waals surface area (Å²) < 4.78 is 0. The molecular formula is C12H19N4O. The van der Waals surface area contributed by atoms with Crippen LogP contribution in [0.25, 0.3) is 0 Å². The Labute approximate surface area is 102 Å². The number of rotatable bonds is 5. The van der Waals surface area contributed by atoms with E-state index in [9.17, 15) is 0 Å². The van der Waals surface area contributed by atoms with E-state index in [1.807, 2.05) is 37.4 Å². The van der Waals surface area contributed by atoms with Gasteiger partial charge in [0.05, 0.1) is 13.3 Å². The van der Waals surface area contributed by atoms with Crippen LogP contribution in [0.4, 0.5) is 0 Å². The molecule has 0 spiro atoms. The molecule has 17 heavy (non-hydrogen) atoms. The summed E-state index contributed by atoms with van der Waals surface area (Å²) in [7, 11) is 3.85. The first-order chi connectivity index (χ1) is 8.36. The topological polar surface area (TPSA) is 39.8 Å². The third kappa shape index (κ3) is 2.83. The molecule has 1 aromatic carbocycles. The Bertz CT molecular complexity index is 319. The van der Waals surface area contributed by atoms with Gasteiger partial charge in [0.15, 0.2) is 0 Å². The Morgan fingerprint density at radius 2 is 2.24 bits per heavy atom. The molecule has 1 atom stereocenters. The minimum absolute atomic E-state index is 0.132. The molecule has 0 amide bonds. The largest absolute Gasteiger partial charge is 0.307 e. The molecule has 1 radical (unpaired) electrons. The molecule has 1 aliphatic heterocycles. The van der Waals surface area contributed by atoms with E-state index in [-0.39, 0.29) is 6.17 Å². The highest BCUT2D eigenvalue weighted by molar-refractivity contribution is 5.17. The first-order valence-electron chi connectivity index (χ1n) is 5.75. The molecule has 0 aromatic heterocycles. The number of nitrogens with one attached hydrogen (secondary N) is 2. The molecule has 1 aliphatic rings. The lowest BCUT2D eigenvalue weighted by molar-refractivity contribution is -0.137. The number of hydrogen-bond donors (Lipinski definition) is 2. The number of benzene rings is 1. The predicted octanol–water partition coefficient (Wildman–Crippen LogP) is 0.346. The van der Waals surface area contributed by atoms with Gasteiger partial charge in [-0.05, 0) is 31.8 Å². The summed E-state index contributed by atoms with van der Waals surface area (Å²) in [6.45, 7) is 2.08. The van der Waals surface area contributed by atoms with Crippen molar-refractivity contribution >= 4 is 0 Å². The quantitative estimate of drug-likeness (QED) is 0.770. The fourth-order valence-electron chi connectivity index (χ4n) is 2.04. The summed E-state index contributed by atoms with van der Waals surface area (Å²) >= 11 is 0. The molecular weight excluding hydrogens is 216 g/mol. The van der Waals surface area contributed by atoms with E-state index in [0.717, 1.165) is 6.67 Å². The Morgan fingerprint density at radius 1 is 1.41 bits per heavy atom. The van der Waals surface area contributed by atoms with Crippen LogP contribution in [-0.2, 0) is 4.84 Å². The van der Waals surface area contributed by atoms with E-state index in [2.05, 4.69) is 27.7 Å². The van der Waals surface area contributed by atoms with Gasteiger partial charge in [0, 0.05) is 0 Å². The summed E-state index contributed by atoms with van der Waals surface area (Å²) in [6.07, 6.45) is 0.132. The molecule has 0 saturated carbocycles. The number of nitrogens with zero attached hydrogens (tertiary/aromatic N) is 2. The van der Waals surface area contributed by atoms with Crippen LogP contribution in [0.1, 0.15) is 11.7 Å². The Hall–Kier alpha value is -0.980. The Balaban J connectivity index is 2.17. The maximum atomic E-state index is 5.67. The van der Waals surface area contributed by atoms with Crippen LogP contribution in [0, 0.1) is 6.07 Å². The van der Waals surface area contributed by atoms with Crippen LogP contribution in [0.3, 0.4) is 0 Å². The average Bonchev–Trinajstić information content (AvgIpc) is 2.74. The van der Waals surface area contributed by atoms with Gasteiger partial charge in [0.25, 0.3) is 0 Å². The zero-order chi connectivity index (χ0) is 12.1. The maximum absolute atomic E-state index is 5.67. The summed E-state index contributed by atoms with van der Waals surface area (Å²) in [6, 6.07) is 11.1. The molecule has 5 heteroatoms. The van der Waals surface area contributed by atoms with E-state index in [0.29, 0.717) is 13.4 Å². The molecule has 93 valence electrons. The highest BCUT2D eigenvalue weighted by Gasteiger charge is 2.33. The molecule has 2 N–H and O–H groups in total. The van der Waals surface area contributed by atoms with Gasteiger partial charge in [-0.25, -0.2) is 4.90 Å². The highest BCUT2D eigenvalue weighted by Crippen LogP contribution is 2.29. The van der Waals surface area contributed by atoms with Crippen molar-refractivity contribution in [2.45, 2.75) is 6.17 Å². The van der Waals surface area contributed by atoms with Crippen molar-refractivity contribution in [2.24, 2.45) is 0 Å². The summed E-state index contributed by atoms with van der Waals surface area (Å²) in [5.74, 6) is 0. The SMILES string of the molecule is CNCN1CON(CNC)C1c1c[c]ccc1. The third-order valence-corrected chi connectivity index (χ3v) is 2.71. The fraction of sp³-hybridized carbons (Fsp3) is 0.500. The van der Waals surface area contributed by atoms with Crippen molar-refractivity contribution < 1.29 is 4.84 Å². The van der Waals surface area contributed by atoms with Gasteiger partial charge < -0.3 is 10.6 Å². The van der Waals surface area contributed by atoms with Gasteiger partial charge in [-0.2, -0.15) is 5.06 Å². The van der Waals surface area contributed by atoms with Crippen LogP contribution in [-0.4, -0.2) is 44.1 Å². The summed E-state index contributed by atoms with van der Waals surface area (Å²) in [5, 5.41) is 8.22. The van der Waals surface area contributed by atoms with E-state index in [4.69, 9.17) is 4.84 Å². The van der Waals surface area contributed by atoms with E-state index < -0.39 is 0 Å². The molecule has 1 heterocycles. The minimum Gasteiger partial charge on any atom is -0.307 e. The highest BCUT2D eigenvalue weighted by atomic mass is 16.7. The van der Waals surface area contributed by atoms with E-state index >= 15 is 0 Å². The molecule has 1 fully saturated rings. The van der Waals surface area contributed by atoms with Crippen molar-refractivity contribution in [3.8, 4) is 0 Å². The van der Waals surface area contributed by atoms with Gasteiger partial charge in [0.1, 0.15) is 12.9 Å². The second-order valence-corrected chi connectivity index (χ2v) is 4.00. The minimum atomic E-state index is 0.132. The molecule has 0 aliphatic carbocycles. The first kappa shape index (κ1) is 12.5. The van der Waals surface area contributed by atoms with Gasteiger partial charge in [-0.1, -0.05) is 18.2 Å². The normalized spacial score (nSPS) is 22.1. The van der Waals surface area contributed by atoms with Crippen molar-refractivity contribution in [1.29, 1.82) is 0 Å². The molecule has 5 nitrogen and oxygen atoms in total. The maximum Gasteiger partial charge on any atom is 0.124 e. The molecule has 1 unspecified atom stereocenters. The number of hydrogen-bond acceptors (Lipinski definition) is 5. The van der Waals surface area contributed by atoms with Crippen molar-refractivity contribution in [1.82, 2.24) is 20.6 Å². The Kier molecular flexibility index (Phi) is 4.47. The van der Waals surface area contributed by atoms with Crippen LogP contribution in [0.5, 0.6) is 0 Å². The standard InChI is InChI=1S/C12H19N4O/c1-13-8-15-10-17-16(9-14-2)12(15)11-6-4-3-5-7-11/h3-4,6-7,12-14H,8-10H2,1-2H3. The van der Waals surface area contributed by atoms with Gasteiger partial charge >= 0.3 is 0 Å². The van der Waals surface area contributed by atoms with Crippen LogP contribution in [0.2, 0.25) is 0 Å². The lowest BCUT2D eigenvalue weighted by atomic mass is 10.1. The summed E-state index contributed by atoms with van der Waals surface area (Å²) in [4.78, 5) is 7.89. The van der Waals surface area contributed by atoms with Gasteiger partial charge in [-0.3, -0.25) is 4.84 Å². The fourth-order valence-corrected chi connectivity index (χ4v) is 2.04. The lowest BCUT2D eigenvalue weighted by Crippen LogP contribution is -2.38. The molecule has 1 aromatic rings. The van der Waals surface area contributed by atoms with E-state index in [1.165, 1.54) is 5.56 Å². The third-order valence-electron chi connectivity index (χ3n) is 2.71. The van der Waals surface area contributed by atoms with Crippen LogP contribution in [0.15, 0.2) is 24.3 Å². The number of hydroxylamine groups is 2. The lowest BCUT2D eigenvalue weighted by Gasteiger charge is -2.27. The van der Waals surface area contributed by atoms with Gasteiger partial charge in [0.2, 0.25) is 0 Å². The zero-order valence-electron chi connectivity index (χ0n) is 10.3. The zero-order valence-corrected chi connectivity index (χ0v) is 10.3. The molecule has 0 bridgehead atoms. The predicted molar refractivity (Wildman–Crippen MR) is 65.5 cm³/mol. The molecule has 2 rings (SSSR count). The smallest absolute Gasteiger partial charge is 0.124 e.